The van der Waals surface area contributed by atoms with E-state index in [9.17, 15) is 0 Å². The number of halogens is 1. The Morgan fingerprint density at radius 2 is 2.13 bits per heavy atom. The summed E-state index contributed by atoms with van der Waals surface area (Å²) in [6.45, 7) is 7.62. The number of hydrogen-bond donors (Lipinski definition) is 1. The highest BCUT2D eigenvalue weighted by Crippen LogP contribution is 2.24. The van der Waals surface area contributed by atoms with Gasteiger partial charge in [-0.3, -0.25) is 0 Å². The highest BCUT2D eigenvalue weighted by atomic mass is 35.5. The first kappa shape index (κ1) is 15.6. The van der Waals surface area contributed by atoms with Crippen molar-refractivity contribution in [2.75, 3.05) is 38.2 Å². The van der Waals surface area contributed by atoms with Crippen LogP contribution in [0, 0.1) is 11.3 Å². The normalized spacial score (nSPS) is 21.8. The molecule has 0 aromatic rings. The van der Waals surface area contributed by atoms with Crippen LogP contribution in [0.1, 0.15) is 20.3 Å². The van der Waals surface area contributed by atoms with Gasteiger partial charge in [0.1, 0.15) is 0 Å². The summed E-state index contributed by atoms with van der Waals surface area (Å²) < 4.78 is 0. The largest absolute Gasteiger partial charge is 0.330 e. The van der Waals surface area contributed by atoms with Crippen LogP contribution >= 0.6 is 24.2 Å². The molecule has 1 rings (SSSR count). The molecule has 1 aliphatic rings. The predicted molar refractivity (Wildman–Crippen MR) is 73.0 cm³/mol. The van der Waals surface area contributed by atoms with Gasteiger partial charge in [0.05, 0.1) is 0 Å². The third-order valence-corrected chi connectivity index (χ3v) is 4.08. The average Bonchev–Trinajstić information content (AvgIpc) is 2.55. The third-order valence-electron chi connectivity index (χ3n) is 2.84. The lowest BCUT2D eigenvalue weighted by molar-refractivity contribution is 0.196. The molecule has 92 valence electrons. The third kappa shape index (κ3) is 6.00. The first-order valence-corrected chi connectivity index (χ1v) is 6.65. The van der Waals surface area contributed by atoms with E-state index in [0.717, 1.165) is 19.0 Å². The number of rotatable bonds is 5. The molecule has 1 fully saturated rings. The molecular weight excluding hydrogens is 228 g/mol. The van der Waals surface area contributed by atoms with Crippen molar-refractivity contribution in [2.24, 2.45) is 17.1 Å². The van der Waals surface area contributed by atoms with Crippen molar-refractivity contribution in [1.82, 2.24) is 4.90 Å². The zero-order chi connectivity index (χ0) is 10.6. The Hall–Kier alpha value is 0.560. The van der Waals surface area contributed by atoms with E-state index in [1.54, 1.807) is 0 Å². The van der Waals surface area contributed by atoms with Gasteiger partial charge in [0.15, 0.2) is 0 Å². The van der Waals surface area contributed by atoms with Crippen molar-refractivity contribution in [3.05, 3.63) is 0 Å². The second-order valence-electron chi connectivity index (χ2n) is 5.29. The predicted octanol–water partition coefficient (Wildman–Crippen LogP) is 2.08. The van der Waals surface area contributed by atoms with Crippen molar-refractivity contribution >= 4 is 24.2 Å². The van der Waals surface area contributed by atoms with E-state index in [-0.39, 0.29) is 17.8 Å². The second-order valence-corrected chi connectivity index (χ2v) is 6.44. The summed E-state index contributed by atoms with van der Waals surface area (Å²) in [4.78, 5) is 2.45. The quantitative estimate of drug-likeness (QED) is 0.813. The zero-order valence-corrected chi connectivity index (χ0v) is 11.8. The molecule has 0 aliphatic carbocycles. The lowest BCUT2D eigenvalue weighted by Gasteiger charge is -2.30. The topological polar surface area (TPSA) is 29.3 Å². The van der Waals surface area contributed by atoms with Crippen molar-refractivity contribution < 1.29 is 0 Å². The first-order chi connectivity index (χ1) is 6.53. The Morgan fingerprint density at radius 1 is 1.47 bits per heavy atom. The van der Waals surface area contributed by atoms with Gasteiger partial charge in [-0.1, -0.05) is 13.8 Å². The molecule has 0 spiro atoms. The van der Waals surface area contributed by atoms with Gasteiger partial charge in [-0.2, -0.15) is 11.8 Å². The standard InChI is InChI=1S/C11H24N2S.ClH/c1-11(2,8-12)9-13(3)6-10-4-5-14-7-10;/h10H,4-9,12H2,1-3H3;1H. The van der Waals surface area contributed by atoms with E-state index in [1.807, 2.05) is 0 Å². The molecule has 0 amide bonds. The maximum atomic E-state index is 5.73. The number of nitrogens with two attached hydrogens (primary N) is 1. The fourth-order valence-corrected chi connectivity index (χ4v) is 3.30. The van der Waals surface area contributed by atoms with Crippen LogP contribution in [-0.4, -0.2) is 43.1 Å². The van der Waals surface area contributed by atoms with Gasteiger partial charge in [-0.05, 0) is 42.9 Å². The summed E-state index contributed by atoms with van der Waals surface area (Å²) in [5, 5.41) is 0. The first-order valence-electron chi connectivity index (χ1n) is 5.50. The van der Waals surface area contributed by atoms with Crippen molar-refractivity contribution in [3.63, 3.8) is 0 Å². The van der Waals surface area contributed by atoms with Crippen molar-refractivity contribution in [3.8, 4) is 0 Å². The molecule has 2 N–H and O–H groups in total. The molecule has 4 heteroatoms. The fourth-order valence-electron chi connectivity index (χ4n) is 2.03. The van der Waals surface area contributed by atoms with Gasteiger partial charge in [0, 0.05) is 13.1 Å². The van der Waals surface area contributed by atoms with Crippen LogP contribution in [0.3, 0.4) is 0 Å². The highest BCUT2D eigenvalue weighted by Gasteiger charge is 2.22. The van der Waals surface area contributed by atoms with E-state index < -0.39 is 0 Å². The van der Waals surface area contributed by atoms with E-state index in [1.165, 1.54) is 24.5 Å². The second kappa shape index (κ2) is 7.00. The SMILES string of the molecule is CN(CC1CCSC1)CC(C)(C)CN.Cl. The lowest BCUT2D eigenvalue weighted by atomic mass is 9.93. The summed E-state index contributed by atoms with van der Waals surface area (Å²) in [5.74, 6) is 3.63. The van der Waals surface area contributed by atoms with E-state index in [2.05, 4.69) is 37.6 Å². The van der Waals surface area contributed by atoms with Crippen LogP contribution in [0.15, 0.2) is 0 Å². The van der Waals surface area contributed by atoms with Crippen LogP contribution < -0.4 is 5.73 Å². The molecule has 0 aromatic heterocycles. The Bertz CT molecular complexity index is 170. The minimum absolute atomic E-state index is 0. The molecule has 0 bridgehead atoms. The van der Waals surface area contributed by atoms with E-state index in [0.29, 0.717) is 0 Å². The summed E-state index contributed by atoms with van der Waals surface area (Å²) in [7, 11) is 2.22. The minimum Gasteiger partial charge on any atom is -0.330 e. The van der Waals surface area contributed by atoms with Gasteiger partial charge >= 0.3 is 0 Å². The summed E-state index contributed by atoms with van der Waals surface area (Å²) in [6.07, 6.45) is 1.40. The maximum absolute atomic E-state index is 5.73. The fraction of sp³-hybridized carbons (Fsp3) is 1.00. The molecule has 0 radical (unpaired) electrons. The lowest BCUT2D eigenvalue weighted by Crippen LogP contribution is -2.38. The van der Waals surface area contributed by atoms with Gasteiger partial charge < -0.3 is 10.6 Å². The van der Waals surface area contributed by atoms with Gasteiger partial charge in [-0.25, -0.2) is 0 Å². The summed E-state index contributed by atoms with van der Waals surface area (Å²) in [5.41, 5.74) is 6.00. The van der Waals surface area contributed by atoms with Crippen LogP contribution in [0.4, 0.5) is 0 Å². The molecule has 1 aliphatic heterocycles. The Balaban J connectivity index is 0.00000196. The summed E-state index contributed by atoms with van der Waals surface area (Å²) in [6, 6.07) is 0. The Labute approximate surface area is 105 Å². The molecule has 15 heavy (non-hydrogen) atoms. The van der Waals surface area contributed by atoms with Crippen LogP contribution in [0.5, 0.6) is 0 Å². The molecule has 1 heterocycles. The Morgan fingerprint density at radius 3 is 2.60 bits per heavy atom. The molecule has 0 aromatic carbocycles. The van der Waals surface area contributed by atoms with Crippen LogP contribution in [0.2, 0.25) is 0 Å². The number of thioether (sulfide) groups is 1. The van der Waals surface area contributed by atoms with Crippen LogP contribution in [0.25, 0.3) is 0 Å². The monoisotopic (exact) mass is 252 g/mol. The molecule has 2 nitrogen and oxygen atoms in total. The smallest absolute Gasteiger partial charge is 0.00418 e. The van der Waals surface area contributed by atoms with Gasteiger partial charge in [0.25, 0.3) is 0 Å². The van der Waals surface area contributed by atoms with Crippen molar-refractivity contribution in [1.29, 1.82) is 0 Å². The molecule has 1 atom stereocenters. The molecular formula is C11H25ClN2S. The van der Waals surface area contributed by atoms with Crippen LogP contribution in [-0.2, 0) is 0 Å². The van der Waals surface area contributed by atoms with E-state index in [4.69, 9.17) is 5.73 Å². The zero-order valence-electron chi connectivity index (χ0n) is 10.2. The molecule has 0 saturated carbocycles. The average molecular weight is 253 g/mol. The maximum Gasteiger partial charge on any atom is 0.00418 e. The summed E-state index contributed by atoms with van der Waals surface area (Å²) >= 11 is 2.10. The van der Waals surface area contributed by atoms with Crippen molar-refractivity contribution in [2.45, 2.75) is 20.3 Å². The van der Waals surface area contributed by atoms with Gasteiger partial charge in [0.2, 0.25) is 0 Å². The number of hydrogen-bond acceptors (Lipinski definition) is 3. The number of nitrogens with zero attached hydrogens (tertiary/aromatic N) is 1. The Kier molecular flexibility index (Phi) is 7.26. The van der Waals surface area contributed by atoms with E-state index >= 15 is 0 Å². The molecule has 1 unspecified atom stereocenters. The minimum atomic E-state index is 0. The molecule has 1 saturated heterocycles. The highest BCUT2D eigenvalue weighted by molar-refractivity contribution is 7.99. The van der Waals surface area contributed by atoms with Gasteiger partial charge in [-0.15, -0.1) is 12.4 Å².